The third kappa shape index (κ3) is 4.99. The van der Waals surface area contributed by atoms with Gasteiger partial charge in [-0.1, -0.05) is 20.3 Å². The van der Waals surface area contributed by atoms with Crippen LogP contribution in [0.2, 0.25) is 0 Å². The first-order chi connectivity index (χ1) is 8.89. The average Bonchev–Trinajstić information content (AvgIpc) is 2.61. The van der Waals surface area contributed by atoms with Crippen LogP contribution in [0.1, 0.15) is 33.1 Å². The Hall–Kier alpha value is -0.820. The first kappa shape index (κ1) is 16.2. The summed E-state index contributed by atoms with van der Waals surface area (Å²) in [5, 5.41) is 3.20. The zero-order valence-corrected chi connectivity index (χ0v) is 11.3. The number of ether oxygens (including phenoxy) is 1. The van der Waals surface area contributed by atoms with Crippen molar-refractivity contribution >= 4 is 5.91 Å². The highest BCUT2D eigenvalue weighted by Crippen LogP contribution is 2.17. The Morgan fingerprint density at radius 1 is 1.37 bits per heavy atom. The van der Waals surface area contributed by atoms with Crippen LogP contribution in [0.15, 0.2) is 0 Å². The lowest BCUT2D eigenvalue weighted by atomic mass is 10.2. The molecule has 0 aliphatic carbocycles. The maximum absolute atomic E-state index is 12.0. The number of nitrogens with zero attached hydrogens (tertiary/aromatic N) is 1. The van der Waals surface area contributed by atoms with Gasteiger partial charge in [-0.25, -0.2) is 0 Å². The fourth-order valence-corrected chi connectivity index (χ4v) is 2.17. The standard InChI is InChI=1S/C12H21F3N2O2/c1-3-5-10-16-9(4-2)11(18)17(10)6-7-19-8-12(13,14)15/h9-10,16H,3-8H2,1-2H3. The van der Waals surface area contributed by atoms with E-state index < -0.39 is 12.8 Å². The smallest absolute Gasteiger partial charge is 0.370 e. The number of alkyl halides is 3. The van der Waals surface area contributed by atoms with E-state index in [4.69, 9.17) is 0 Å². The summed E-state index contributed by atoms with van der Waals surface area (Å²) in [5.74, 6) is -0.0449. The fourth-order valence-electron chi connectivity index (χ4n) is 2.17. The average molecular weight is 282 g/mol. The van der Waals surface area contributed by atoms with Crippen molar-refractivity contribution < 1.29 is 22.7 Å². The second-order valence-corrected chi connectivity index (χ2v) is 4.63. The summed E-state index contributed by atoms with van der Waals surface area (Å²) < 4.78 is 40.3. The van der Waals surface area contributed by atoms with Crippen LogP contribution in [0.4, 0.5) is 13.2 Å². The topological polar surface area (TPSA) is 41.6 Å². The summed E-state index contributed by atoms with van der Waals surface area (Å²) in [6.45, 7) is 2.75. The van der Waals surface area contributed by atoms with E-state index >= 15 is 0 Å². The Morgan fingerprint density at radius 2 is 2.05 bits per heavy atom. The minimum Gasteiger partial charge on any atom is -0.370 e. The normalized spacial score (nSPS) is 24.3. The number of nitrogens with one attached hydrogen (secondary N) is 1. The van der Waals surface area contributed by atoms with Gasteiger partial charge in [0.1, 0.15) is 6.61 Å². The van der Waals surface area contributed by atoms with E-state index in [-0.39, 0.29) is 31.3 Å². The number of carbonyl (C=O) groups excluding carboxylic acids is 1. The van der Waals surface area contributed by atoms with Crippen molar-refractivity contribution in [3.8, 4) is 0 Å². The molecule has 0 aromatic rings. The molecule has 1 heterocycles. The molecule has 1 amide bonds. The zero-order valence-electron chi connectivity index (χ0n) is 11.3. The van der Waals surface area contributed by atoms with Crippen LogP contribution in [0.5, 0.6) is 0 Å². The molecule has 0 spiro atoms. The SMILES string of the molecule is CCCC1NC(CC)C(=O)N1CCOCC(F)(F)F. The summed E-state index contributed by atoms with van der Waals surface area (Å²) >= 11 is 0. The molecule has 19 heavy (non-hydrogen) atoms. The van der Waals surface area contributed by atoms with E-state index in [2.05, 4.69) is 10.1 Å². The van der Waals surface area contributed by atoms with Gasteiger partial charge in [0, 0.05) is 6.54 Å². The summed E-state index contributed by atoms with van der Waals surface area (Å²) in [6.07, 6.45) is -2.03. The van der Waals surface area contributed by atoms with Crippen molar-refractivity contribution in [1.29, 1.82) is 0 Å². The molecular weight excluding hydrogens is 261 g/mol. The molecule has 1 aliphatic rings. The Bertz CT molecular complexity index is 297. The van der Waals surface area contributed by atoms with Crippen LogP contribution in [0.3, 0.4) is 0 Å². The Labute approximate surface area is 111 Å². The van der Waals surface area contributed by atoms with Crippen molar-refractivity contribution in [2.24, 2.45) is 0 Å². The van der Waals surface area contributed by atoms with Crippen molar-refractivity contribution in [2.45, 2.75) is 51.5 Å². The lowest BCUT2D eigenvalue weighted by Crippen LogP contribution is -2.39. The molecule has 7 heteroatoms. The Morgan fingerprint density at radius 3 is 2.58 bits per heavy atom. The van der Waals surface area contributed by atoms with E-state index in [1.807, 2.05) is 13.8 Å². The monoisotopic (exact) mass is 282 g/mol. The van der Waals surface area contributed by atoms with Crippen molar-refractivity contribution in [2.75, 3.05) is 19.8 Å². The van der Waals surface area contributed by atoms with Gasteiger partial charge in [-0.05, 0) is 12.8 Å². The highest BCUT2D eigenvalue weighted by molar-refractivity contribution is 5.84. The molecule has 1 rings (SSSR count). The second-order valence-electron chi connectivity index (χ2n) is 4.63. The predicted molar refractivity (Wildman–Crippen MR) is 64.5 cm³/mol. The molecule has 0 bridgehead atoms. The van der Waals surface area contributed by atoms with Crippen molar-refractivity contribution in [3.63, 3.8) is 0 Å². The minimum atomic E-state index is -4.32. The number of carbonyl (C=O) groups is 1. The van der Waals surface area contributed by atoms with Gasteiger partial charge < -0.3 is 9.64 Å². The number of halogens is 3. The van der Waals surface area contributed by atoms with E-state index in [1.165, 1.54) is 0 Å². The molecule has 1 fully saturated rings. The van der Waals surface area contributed by atoms with Gasteiger partial charge in [0.2, 0.25) is 5.91 Å². The van der Waals surface area contributed by atoms with Gasteiger partial charge in [0.15, 0.2) is 0 Å². The Kier molecular flexibility index (Phi) is 6.06. The number of amides is 1. The van der Waals surface area contributed by atoms with Crippen LogP contribution >= 0.6 is 0 Å². The van der Waals surface area contributed by atoms with Crippen LogP contribution in [0.25, 0.3) is 0 Å². The summed E-state index contributed by atoms with van der Waals surface area (Å²) in [5.41, 5.74) is 0. The van der Waals surface area contributed by atoms with Crippen LogP contribution in [-0.4, -0.2) is 48.9 Å². The second kappa shape index (κ2) is 7.09. The molecule has 0 saturated carbocycles. The maximum atomic E-state index is 12.0. The van der Waals surface area contributed by atoms with Crippen molar-refractivity contribution in [3.05, 3.63) is 0 Å². The summed E-state index contributed by atoms with van der Waals surface area (Å²) in [4.78, 5) is 13.6. The molecule has 1 aliphatic heterocycles. The van der Waals surface area contributed by atoms with Gasteiger partial charge in [0.25, 0.3) is 0 Å². The first-order valence-electron chi connectivity index (χ1n) is 6.60. The predicted octanol–water partition coefficient (Wildman–Crippen LogP) is 1.90. The van der Waals surface area contributed by atoms with Crippen LogP contribution in [-0.2, 0) is 9.53 Å². The molecular formula is C12H21F3N2O2. The highest BCUT2D eigenvalue weighted by Gasteiger charge is 2.37. The van der Waals surface area contributed by atoms with Gasteiger partial charge in [-0.15, -0.1) is 0 Å². The van der Waals surface area contributed by atoms with Gasteiger partial charge in [-0.2, -0.15) is 13.2 Å². The number of hydrogen-bond acceptors (Lipinski definition) is 3. The lowest BCUT2D eigenvalue weighted by Gasteiger charge is -2.23. The molecule has 2 unspecified atom stereocenters. The molecule has 1 saturated heterocycles. The Balaban J connectivity index is 2.42. The van der Waals surface area contributed by atoms with Gasteiger partial charge in [-0.3, -0.25) is 10.1 Å². The minimum absolute atomic E-state index is 0.0449. The largest absolute Gasteiger partial charge is 0.411 e. The maximum Gasteiger partial charge on any atom is 0.411 e. The zero-order chi connectivity index (χ0) is 14.5. The van der Waals surface area contributed by atoms with Crippen LogP contribution in [0, 0.1) is 0 Å². The molecule has 4 nitrogen and oxygen atoms in total. The highest BCUT2D eigenvalue weighted by atomic mass is 19.4. The molecule has 1 N–H and O–H groups in total. The first-order valence-corrected chi connectivity index (χ1v) is 6.60. The fraction of sp³-hybridized carbons (Fsp3) is 0.917. The van der Waals surface area contributed by atoms with E-state index in [0.717, 1.165) is 12.8 Å². The van der Waals surface area contributed by atoms with E-state index in [0.29, 0.717) is 6.42 Å². The molecule has 0 radical (unpaired) electrons. The molecule has 112 valence electrons. The summed E-state index contributed by atoms with van der Waals surface area (Å²) in [6, 6.07) is -0.223. The number of hydrogen-bond donors (Lipinski definition) is 1. The third-order valence-electron chi connectivity index (χ3n) is 3.06. The quantitative estimate of drug-likeness (QED) is 0.725. The van der Waals surface area contributed by atoms with E-state index in [1.54, 1.807) is 4.90 Å². The summed E-state index contributed by atoms with van der Waals surface area (Å²) in [7, 11) is 0. The van der Waals surface area contributed by atoms with Gasteiger partial charge >= 0.3 is 6.18 Å². The van der Waals surface area contributed by atoms with Crippen LogP contribution < -0.4 is 5.32 Å². The van der Waals surface area contributed by atoms with E-state index in [9.17, 15) is 18.0 Å². The molecule has 0 aromatic carbocycles. The number of rotatable bonds is 7. The molecule has 0 aromatic heterocycles. The van der Waals surface area contributed by atoms with Crippen molar-refractivity contribution in [1.82, 2.24) is 10.2 Å². The van der Waals surface area contributed by atoms with Gasteiger partial charge in [0.05, 0.1) is 18.8 Å². The lowest BCUT2D eigenvalue weighted by molar-refractivity contribution is -0.175. The molecule has 2 atom stereocenters. The third-order valence-corrected chi connectivity index (χ3v) is 3.06.